The second-order valence-corrected chi connectivity index (χ2v) is 9.98. The molecule has 3 aromatic carbocycles. The lowest BCUT2D eigenvalue weighted by Gasteiger charge is -2.27. The van der Waals surface area contributed by atoms with Crippen LogP contribution in [-0.2, 0) is 14.8 Å². The van der Waals surface area contributed by atoms with Crippen LogP contribution in [0.2, 0.25) is 0 Å². The van der Waals surface area contributed by atoms with Crippen molar-refractivity contribution in [3.63, 3.8) is 0 Å². The maximum absolute atomic E-state index is 13.4. The minimum absolute atomic E-state index is 0.0701. The van der Waals surface area contributed by atoms with E-state index < -0.39 is 15.9 Å². The zero-order valence-electron chi connectivity index (χ0n) is 18.6. The van der Waals surface area contributed by atoms with Crippen LogP contribution >= 0.6 is 0 Å². The van der Waals surface area contributed by atoms with Gasteiger partial charge in [-0.3, -0.25) is 4.79 Å². The summed E-state index contributed by atoms with van der Waals surface area (Å²) in [5, 5.41) is 2.93. The highest BCUT2D eigenvalue weighted by molar-refractivity contribution is 7.89. The van der Waals surface area contributed by atoms with E-state index in [0.717, 1.165) is 30.4 Å². The average molecular weight is 465 g/mol. The molecule has 6 nitrogen and oxygen atoms in total. The zero-order valence-corrected chi connectivity index (χ0v) is 19.4. The van der Waals surface area contributed by atoms with E-state index in [2.05, 4.69) is 5.32 Å². The van der Waals surface area contributed by atoms with Crippen LogP contribution in [0.3, 0.4) is 0 Å². The molecule has 1 heterocycles. The molecule has 0 radical (unpaired) electrons. The first kappa shape index (κ1) is 23.0. The molecule has 7 heteroatoms. The molecular weight excluding hydrogens is 436 g/mol. The Morgan fingerprint density at radius 3 is 2.00 bits per heavy atom. The van der Waals surface area contributed by atoms with Crippen LogP contribution < -0.4 is 10.1 Å². The largest absolute Gasteiger partial charge is 0.495 e. The smallest absolute Gasteiger partial charge is 0.246 e. The van der Waals surface area contributed by atoms with Crippen LogP contribution in [0.5, 0.6) is 5.75 Å². The summed E-state index contributed by atoms with van der Waals surface area (Å²) in [4.78, 5) is 13.5. The van der Waals surface area contributed by atoms with Crippen molar-refractivity contribution in [2.45, 2.75) is 30.1 Å². The molecule has 0 atom stereocenters. The highest BCUT2D eigenvalue weighted by atomic mass is 32.2. The lowest BCUT2D eigenvalue weighted by atomic mass is 9.90. The number of ether oxygens (including phenoxy) is 1. The minimum atomic E-state index is -3.73. The van der Waals surface area contributed by atoms with Gasteiger partial charge in [0.05, 0.1) is 13.0 Å². The minimum Gasteiger partial charge on any atom is -0.495 e. The quantitative estimate of drug-likeness (QED) is 0.553. The number of benzene rings is 3. The number of nitrogens with zero attached hydrogens (tertiary/aromatic N) is 1. The van der Waals surface area contributed by atoms with E-state index in [-0.39, 0.29) is 16.6 Å². The van der Waals surface area contributed by atoms with Gasteiger partial charge in [0.2, 0.25) is 15.9 Å². The summed E-state index contributed by atoms with van der Waals surface area (Å²) >= 11 is 0. The van der Waals surface area contributed by atoms with Crippen molar-refractivity contribution in [3.8, 4) is 5.75 Å². The highest BCUT2D eigenvalue weighted by Gasteiger charge is 2.30. The molecule has 3 aromatic rings. The van der Waals surface area contributed by atoms with Crippen molar-refractivity contribution in [2.24, 2.45) is 0 Å². The topological polar surface area (TPSA) is 75.7 Å². The normalized spacial score (nSPS) is 14.7. The maximum Gasteiger partial charge on any atom is 0.246 e. The van der Waals surface area contributed by atoms with Gasteiger partial charge in [0, 0.05) is 18.8 Å². The zero-order chi connectivity index (χ0) is 23.3. The Hall–Kier alpha value is -3.16. The van der Waals surface area contributed by atoms with Crippen molar-refractivity contribution in [2.75, 3.05) is 25.5 Å². The molecule has 0 spiro atoms. The molecule has 0 aliphatic carbocycles. The number of nitrogens with one attached hydrogen (secondary N) is 1. The second kappa shape index (κ2) is 10.2. The third kappa shape index (κ3) is 5.10. The van der Waals surface area contributed by atoms with Crippen LogP contribution in [0.25, 0.3) is 0 Å². The Balaban J connectivity index is 1.66. The molecule has 172 valence electrons. The summed E-state index contributed by atoms with van der Waals surface area (Å²) in [5.41, 5.74) is 2.12. The molecule has 1 N–H and O–H groups in total. The summed E-state index contributed by atoms with van der Waals surface area (Å²) in [6, 6.07) is 23.8. The van der Waals surface area contributed by atoms with E-state index in [1.807, 2.05) is 60.7 Å². The number of carbonyl (C=O) groups excluding carboxylic acids is 1. The van der Waals surface area contributed by atoms with Crippen molar-refractivity contribution < 1.29 is 17.9 Å². The summed E-state index contributed by atoms with van der Waals surface area (Å²) in [6.45, 7) is 0.984. The second-order valence-electron chi connectivity index (χ2n) is 8.07. The average Bonchev–Trinajstić information content (AvgIpc) is 2.86. The van der Waals surface area contributed by atoms with E-state index in [1.54, 1.807) is 12.1 Å². The number of methoxy groups -OCH3 is 1. The lowest BCUT2D eigenvalue weighted by molar-refractivity contribution is -0.116. The first-order valence-corrected chi connectivity index (χ1v) is 12.5. The number of hydrogen-bond acceptors (Lipinski definition) is 4. The van der Waals surface area contributed by atoms with Crippen molar-refractivity contribution in [3.05, 3.63) is 90.0 Å². The number of piperidine rings is 1. The molecule has 0 bridgehead atoms. The fourth-order valence-corrected chi connectivity index (χ4v) is 5.90. The molecule has 1 fully saturated rings. The van der Waals surface area contributed by atoms with Crippen molar-refractivity contribution >= 4 is 21.6 Å². The molecule has 1 saturated heterocycles. The third-order valence-electron chi connectivity index (χ3n) is 5.89. The Kier molecular flexibility index (Phi) is 7.11. The Morgan fingerprint density at radius 1 is 0.879 bits per heavy atom. The van der Waals surface area contributed by atoms with Gasteiger partial charge in [-0.05, 0) is 42.2 Å². The van der Waals surface area contributed by atoms with Crippen LogP contribution in [0, 0.1) is 0 Å². The summed E-state index contributed by atoms with van der Waals surface area (Å²) in [6.07, 6.45) is 2.71. The maximum atomic E-state index is 13.4. The van der Waals surface area contributed by atoms with Crippen LogP contribution in [-0.4, -0.2) is 38.8 Å². The first-order chi connectivity index (χ1) is 16.0. The molecule has 1 aliphatic heterocycles. The number of sulfonamides is 1. The third-order valence-corrected chi connectivity index (χ3v) is 7.81. The van der Waals surface area contributed by atoms with Gasteiger partial charge in [-0.15, -0.1) is 0 Å². The first-order valence-electron chi connectivity index (χ1n) is 11.1. The van der Waals surface area contributed by atoms with Gasteiger partial charge in [0.25, 0.3) is 0 Å². The van der Waals surface area contributed by atoms with Gasteiger partial charge in [-0.2, -0.15) is 4.31 Å². The predicted octanol–water partition coefficient (Wildman–Crippen LogP) is 4.64. The predicted molar refractivity (Wildman–Crippen MR) is 129 cm³/mol. The van der Waals surface area contributed by atoms with Gasteiger partial charge < -0.3 is 10.1 Å². The van der Waals surface area contributed by atoms with Crippen molar-refractivity contribution in [1.29, 1.82) is 0 Å². The van der Waals surface area contributed by atoms with Gasteiger partial charge >= 0.3 is 0 Å². The molecule has 1 aliphatic rings. The van der Waals surface area contributed by atoms with E-state index in [1.165, 1.54) is 17.5 Å². The standard InChI is InChI=1S/C26H28N2O4S/c1-32-23-16-15-22(19-24(23)33(30,31)28-17-9-4-10-18-28)27-26(29)25(20-11-5-2-6-12-20)21-13-7-3-8-14-21/h2-3,5-8,11-16,19,25H,4,9-10,17-18H2,1H3,(H,27,29). The van der Waals surface area contributed by atoms with Gasteiger partial charge in [0.1, 0.15) is 10.6 Å². The summed E-state index contributed by atoms with van der Waals surface area (Å²) in [7, 11) is -2.28. The number of anilines is 1. The van der Waals surface area contributed by atoms with E-state index in [0.29, 0.717) is 18.8 Å². The van der Waals surface area contributed by atoms with Crippen molar-refractivity contribution in [1.82, 2.24) is 4.31 Å². The molecule has 0 unspecified atom stereocenters. The highest BCUT2D eigenvalue weighted by Crippen LogP contribution is 2.32. The molecular formula is C26H28N2O4S. The van der Waals surface area contributed by atoms with E-state index in [4.69, 9.17) is 4.74 Å². The monoisotopic (exact) mass is 464 g/mol. The molecule has 1 amide bonds. The van der Waals surface area contributed by atoms with Crippen LogP contribution in [0.4, 0.5) is 5.69 Å². The Labute approximate surface area is 195 Å². The number of carbonyl (C=O) groups is 1. The van der Waals surface area contributed by atoms with Crippen LogP contribution in [0.1, 0.15) is 36.3 Å². The molecule has 4 rings (SSSR count). The van der Waals surface area contributed by atoms with Gasteiger partial charge in [-0.1, -0.05) is 67.1 Å². The molecule has 33 heavy (non-hydrogen) atoms. The molecule has 0 aromatic heterocycles. The van der Waals surface area contributed by atoms with E-state index >= 15 is 0 Å². The summed E-state index contributed by atoms with van der Waals surface area (Å²) in [5.74, 6) is -0.503. The van der Waals surface area contributed by atoms with Gasteiger partial charge in [-0.25, -0.2) is 8.42 Å². The number of hydrogen-bond donors (Lipinski definition) is 1. The Morgan fingerprint density at radius 2 is 1.45 bits per heavy atom. The molecule has 0 saturated carbocycles. The summed E-state index contributed by atoms with van der Waals surface area (Å²) < 4.78 is 33.5. The van der Waals surface area contributed by atoms with Crippen LogP contribution in [0.15, 0.2) is 83.8 Å². The van der Waals surface area contributed by atoms with E-state index in [9.17, 15) is 13.2 Å². The number of amides is 1. The lowest BCUT2D eigenvalue weighted by Crippen LogP contribution is -2.35. The number of rotatable bonds is 7. The Bertz CT molecular complexity index is 1150. The van der Waals surface area contributed by atoms with Gasteiger partial charge in [0.15, 0.2) is 0 Å². The SMILES string of the molecule is COc1ccc(NC(=O)C(c2ccccc2)c2ccccc2)cc1S(=O)(=O)N1CCCCC1. The fourth-order valence-electron chi connectivity index (χ4n) is 4.20. The fraction of sp³-hybridized carbons (Fsp3) is 0.269.